The van der Waals surface area contributed by atoms with Crippen molar-refractivity contribution in [1.82, 2.24) is 29.3 Å². The Morgan fingerprint density at radius 3 is 2.38 bits per heavy atom. The summed E-state index contributed by atoms with van der Waals surface area (Å²) >= 11 is 1.44. The highest BCUT2D eigenvalue weighted by Gasteiger charge is 2.42. The number of nitrogens with zero attached hydrogens (tertiary/aromatic N) is 6. The van der Waals surface area contributed by atoms with Crippen molar-refractivity contribution >= 4 is 27.3 Å². The van der Waals surface area contributed by atoms with Gasteiger partial charge in [-0.2, -0.15) is 5.26 Å². The number of sulfonamides is 1. The van der Waals surface area contributed by atoms with E-state index in [-0.39, 0.29) is 17.9 Å². The summed E-state index contributed by atoms with van der Waals surface area (Å²) in [5, 5.41) is 21.5. The van der Waals surface area contributed by atoms with Crippen molar-refractivity contribution < 1.29 is 13.2 Å². The molecule has 0 saturated carbocycles. The van der Waals surface area contributed by atoms with E-state index in [0.29, 0.717) is 54.9 Å². The van der Waals surface area contributed by atoms with Gasteiger partial charge in [0.2, 0.25) is 15.9 Å². The summed E-state index contributed by atoms with van der Waals surface area (Å²) in [4.78, 5) is 17.6. The molecule has 10 nitrogen and oxygen atoms in total. The summed E-state index contributed by atoms with van der Waals surface area (Å²) in [5.74, 6) is 2.19. The molecule has 0 radical (unpaired) electrons. The first-order chi connectivity index (χ1) is 19.0. The largest absolute Gasteiger partial charge is 0.348 e. The molecule has 218 valence electrons. The number of fused-ring (bicyclic) bond motifs is 2. The molecule has 1 amide bonds. The summed E-state index contributed by atoms with van der Waals surface area (Å²) in [5.41, 5.74) is 0. The van der Waals surface area contributed by atoms with Gasteiger partial charge >= 0.3 is 0 Å². The van der Waals surface area contributed by atoms with Crippen LogP contribution in [0.2, 0.25) is 0 Å². The van der Waals surface area contributed by atoms with Crippen LogP contribution in [-0.2, 0) is 14.8 Å². The van der Waals surface area contributed by atoms with Crippen molar-refractivity contribution in [1.29, 1.82) is 5.26 Å². The number of amides is 1. The average molecular weight is 588 g/mol. The zero-order valence-electron chi connectivity index (χ0n) is 23.9. The van der Waals surface area contributed by atoms with Gasteiger partial charge in [0.15, 0.2) is 0 Å². The van der Waals surface area contributed by atoms with Gasteiger partial charge in [-0.1, -0.05) is 13.8 Å². The van der Waals surface area contributed by atoms with Gasteiger partial charge in [-0.15, -0.1) is 21.5 Å². The number of nitrogens with one attached hydrogen (secondary N) is 1. The number of rotatable bonds is 9. The number of aromatic nitrogens is 3. The molecule has 5 rings (SSSR count). The van der Waals surface area contributed by atoms with E-state index in [9.17, 15) is 18.5 Å². The van der Waals surface area contributed by atoms with E-state index >= 15 is 0 Å². The molecule has 3 fully saturated rings. The Morgan fingerprint density at radius 1 is 1.12 bits per heavy atom. The highest BCUT2D eigenvalue weighted by atomic mass is 32.2. The van der Waals surface area contributed by atoms with E-state index < -0.39 is 10.0 Å². The summed E-state index contributed by atoms with van der Waals surface area (Å²) in [6.45, 7) is 8.05. The van der Waals surface area contributed by atoms with E-state index in [1.165, 1.54) is 34.7 Å². The molecule has 3 aliphatic rings. The zero-order chi connectivity index (χ0) is 28.6. The molecule has 0 aromatic carbocycles. The lowest BCUT2D eigenvalue weighted by atomic mass is 9.95. The first-order valence-corrected chi connectivity index (χ1v) is 17.1. The SMILES string of the molecule is Cc1nnc(C(C)C)n1[C@@H]1C[C@H]2CC[C@@H](C1)N2CC[C@H](NC(=O)C1CCN(S(C)(=O)=O)CC1)c1ccc(C#N)s1. The number of aryl methyl sites for hydroxylation is 1. The molecule has 12 heteroatoms. The summed E-state index contributed by atoms with van der Waals surface area (Å²) < 4.78 is 27.6. The van der Waals surface area contributed by atoms with E-state index in [1.807, 2.05) is 12.1 Å². The van der Waals surface area contributed by atoms with Gasteiger partial charge in [-0.3, -0.25) is 9.69 Å². The van der Waals surface area contributed by atoms with Crippen LogP contribution in [0.15, 0.2) is 12.1 Å². The molecule has 4 atom stereocenters. The van der Waals surface area contributed by atoms with Crippen molar-refractivity contribution in [2.24, 2.45) is 5.92 Å². The fourth-order valence-electron chi connectivity index (χ4n) is 6.96. The predicted octanol–water partition coefficient (Wildman–Crippen LogP) is 3.73. The second-order valence-electron chi connectivity index (χ2n) is 12.0. The lowest BCUT2D eigenvalue weighted by Crippen LogP contribution is -2.46. The number of piperidine rings is 2. The maximum absolute atomic E-state index is 13.3. The summed E-state index contributed by atoms with van der Waals surface area (Å²) in [7, 11) is -3.24. The standard InChI is InChI=1S/C28H41N7O3S2/c1-18(2)27-32-31-19(3)35(27)23-15-21-5-6-22(16-23)34(21)14-11-25(26-8-7-24(17-29)39-26)30-28(36)20-9-12-33(13-10-20)40(4,37)38/h7-8,18,20-23,25H,5-6,9-16H2,1-4H3,(H,30,36)/t21-,22+,23-,25-/m0/s1. The van der Waals surface area contributed by atoms with Crippen LogP contribution in [0.3, 0.4) is 0 Å². The van der Waals surface area contributed by atoms with Gasteiger partial charge in [0.1, 0.15) is 22.6 Å². The lowest BCUT2D eigenvalue weighted by molar-refractivity contribution is -0.127. The van der Waals surface area contributed by atoms with Gasteiger partial charge in [0.05, 0.1) is 12.3 Å². The van der Waals surface area contributed by atoms with Crippen LogP contribution in [0.4, 0.5) is 0 Å². The molecule has 2 aromatic heterocycles. The second-order valence-corrected chi connectivity index (χ2v) is 15.1. The van der Waals surface area contributed by atoms with Crippen LogP contribution in [0, 0.1) is 24.2 Å². The normalized spacial score (nSPS) is 25.2. The molecule has 0 aliphatic carbocycles. The molecular formula is C28H41N7O3S2. The first-order valence-electron chi connectivity index (χ1n) is 14.5. The maximum Gasteiger partial charge on any atom is 0.223 e. The van der Waals surface area contributed by atoms with Crippen LogP contribution in [0.1, 0.15) is 98.2 Å². The molecule has 2 bridgehead atoms. The van der Waals surface area contributed by atoms with Crippen LogP contribution < -0.4 is 5.32 Å². The molecule has 0 unspecified atom stereocenters. The highest BCUT2D eigenvalue weighted by molar-refractivity contribution is 7.88. The van der Waals surface area contributed by atoms with Crippen LogP contribution in [0.5, 0.6) is 0 Å². The van der Waals surface area contributed by atoms with Gasteiger partial charge in [-0.05, 0) is 64.0 Å². The van der Waals surface area contributed by atoms with Gasteiger partial charge in [0.25, 0.3) is 0 Å². The van der Waals surface area contributed by atoms with Crippen LogP contribution in [-0.4, -0.2) is 76.3 Å². The van der Waals surface area contributed by atoms with E-state index in [4.69, 9.17) is 0 Å². The second kappa shape index (κ2) is 11.9. The minimum Gasteiger partial charge on any atom is -0.348 e. The van der Waals surface area contributed by atoms with Crippen LogP contribution >= 0.6 is 11.3 Å². The number of hydrogen-bond donors (Lipinski definition) is 1. The highest BCUT2D eigenvalue weighted by Crippen LogP contribution is 2.42. The molecule has 3 saturated heterocycles. The van der Waals surface area contributed by atoms with Crippen LogP contribution in [0.25, 0.3) is 0 Å². The molecular weight excluding hydrogens is 546 g/mol. The lowest BCUT2D eigenvalue weighted by Gasteiger charge is -2.40. The Morgan fingerprint density at radius 2 is 1.80 bits per heavy atom. The average Bonchev–Trinajstić information content (AvgIpc) is 3.61. The van der Waals surface area contributed by atoms with Gasteiger partial charge < -0.3 is 9.88 Å². The maximum atomic E-state index is 13.3. The molecule has 2 aromatic rings. The number of carbonyl (C=O) groups is 1. The monoisotopic (exact) mass is 587 g/mol. The van der Waals surface area contributed by atoms with Gasteiger partial charge in [0, 0.05) is 54.5 Å². The molecule has 40 heavy (non-hydrogen) atoms. The molecule has 5 heterocycles. The van der Waals surface area contributed by atoms with E-state index in [1.54, 1.807) is 0 Å². The van der Waals surface area contributed by atoms with Crippen molar-refractivity contribution in [3.63, 3.8) is 0 Å². The Kier molecular flexibility index (Phi) is 8.66. The summed E-state index contributed by atoms with van der Waals surface area (Å²) in [6.07, 6.45) is 7.60. The fourth-order valence-corrected chi connectivity index (χ4v) is 8.72. The first kappa shape index (κ1) is 29.2. The van der Waals surface area contributed by atoms with Gasteiger partial charge in [-0.25, -0.2) is 12.7 Å². The Balaban J connectivity index is 1.24. The van der Waals surface area contributed by atoms with E-state index in [2.05, 4.69) is 51.8 Å². The third-order valence-corrected chi connectivity index (χ3v) is 11.4. The molecule has 0 spiro atoms. The predicted molar refractivity (Wildman–Crippen MR) is 154 cm³/mol. The van der Waals surface area contributed by atoms with Crippen molar-refractivity contribution in [2.75, 3.05) is 25.9 Å². The smallest absolute Gasteiger partial charge is 0.223 e. The Bertz CT molecular complexity index is 1340. The number of carbonyl (C=O) groups excluding carboxylic acids is 1. The topological polar surface area (TPSA) is 124 Å². The Hall–Kier alpha value is -2.33. The Labute approximate surface area is 241 Å². The third kappa shape index (κ3) is 6.12. The number of nitriles is 1. The number of hydrogen-bond acceptors (Lipinski definition) is 8. The van der Waals surface area contributed by atoms with E-state index in [0.717, 1.165) is 42.3 Å². The number of thiophene rings is 1. The zero-order valence-corrected chi connectivity index (χ0v) is 25.5. The van der Waals surface area contributed by atoms with Crippen molar-refractivity contribution in [3.05, 3.63) is 33.5 Å². The van der Waals surface area contributed by atoms with Crippen molar-refractivity contribution in [2.45, 2.75) is 95.8 Å². The molecule has 3 aliphatic heterocycles. The minimum absolute atomic E-state index is 0.0176. The fraction of sp³-hybridized carbons (Fsp3) is 0.714. The third-order valence-electron chi connectivity index (χ3n) is 9.00. The van der Waals surface area contributed by atoms with Crippen molar-refractivity contribution in [3.8, 4) is 6.07 Å². The minimum atomic E-state index is -3.24. The quantitative estimate of drug-likeness (QED) is 0.474. The molecule has 1 N–H and O–H groups in total. The summed E-state index contributed by atoms with van der Waals surface area (Å²) in [6, 6.07) is 7.26.